The summed E-state index contributed by atoms with van der Waals surface area (Å²) in [6, 6.07) is 1.59. The lowest BCUT2D eigenvalue weighted by Gasteiger charge is -2.08. The molecule has 1 heterocycles. The summed E-state index contributed by atoms with van der Waals surface area (Å²) >= 11 is 16.1. The molecule has 6 heteroatoms. The van der Waals surface area contributed by atoms with Crippen molar-refractivity contribution in [3.8, 4) is 0 Å². The molecule has 1 rings (SSSR count). The molecule has 0 aliphatic heterocycles. The number of hydrogen-bond acceptors (Lipinski definition) is 2. The van der Waals surface area contributed by atoms with E-state index in [1.807, 2.05) is 6.92 Å². The van der Waals surface area contributed by atoms with Crippen LogP contribution in [0.1, 0.15) is 17.3 Å². The highest BCUT2D eigenvalue weighted by Gasteiger charge is 2.14. The van der Waals surface area contributed by atoms with Crippen LogP contribution in [0.5, 0.6) is 0 Å². The lowest BCUT2D eigenvalue weighted by Crippen LogP contribution is -2.28. The molecule has 1 aromatic heterocycles. The van der Waals surface area contributed by atoms with Gasteiger partial charge in [-0.25, -0.2) is 0 Å². The molecule has 0 aliphatic rings. The monoisotopic (exact) mass is 329 g/mol. The maximum atomic E-state index is 11.6. The first kappa shape index (κ1) is 13.3. The first-order valence-corrected chi connectivity index (χ1v) is 7.03. The molecule has 84 valence electrons. The van der Waals surface area contributed by atoms with E-state index in [0.717, 1.165) is 5.33 Å². The summed E-state index contributed by atoms with van der Waals surface area (Å²) in [5, 5.41) is 3.65. The molecular formula is C9H10BrCl2NOS. The zero-order chi connectivity index (χ0) is 11.4. The van der Waals surface area contributed by atoms with Gasteiger partial charge in [-0.3, -0.25) is 4.79 Å². The lowest BCUT2D eigenvalue weighted by molar-refractivity contribution is 0.0950. The Morgan fingerprint density at radius 2 is 2.33 bits per heavy atom. The van der Waals surface area contributed by atoms with E-state index in [-0.39, 0.29) is 5.91 Å². The van der Waals surface area contributed by atoms with Crippen LogP contribution in [0.15, 0.2) is 6.07 Å². The standard InChI is InChI=1S/C9H10BrCl2NOS/c1-5(3-10)4-13-9(14)6-2-7(11)15-8(6)12/h2,5H,3-4H2,1H3,(H,13,14). The number of carbonyl (C=O) groups excluding carboxylic acids is 1. The SMILES string of the molecule is CC(CBr)CNC(=O)c1cc(Cl)sc1Cl. The fourth-order valence-corrected chi connectivity index (χ4v) is 2.60. The summed E-state index contributed by atoms with van der Waals surface area (Å²) in [4.78, 5) is 11.6. The Labute approximate surface area is 111 Å². The van der Waals surface area contributed by atoms with Crippen LogP contribution in [0.4, 0.5) is 0 Å². The van der Waals surface area contributed by atoms with Crippen molar-refractivity contribution < 1.29 is 4.79 Å². The van der Waals surface area contributed by atoms with E-state index in [1.165, 1.54) is 11.3 Å². The highest BCUT2D eigenvalue weighted by molar-refractivity contribution is 9.09. The van der Waals surface area contributed by atoms with Crippen LogP contribution in [0.25, 0.3) is 0 Å². The predicted octanol–water partition coefficient (Wildman–Crippen LogP) is 3.82. The molecule has 1 N–H and O–H groups in total. The summed E-state index contributed by atoms with van der Waals surface area (Å²) in [5.74, 6) is 0.220. The summed E-state index contributed by atoms with van der Waals surface area (Å²) in [5.41, 5.74) is 0.452. The summed E-state index contributed by atoms with van der Waals surface area (Å²) < 4.78 is 0.961. The number of rotatable bonds is 4. The van der Waals surface area contributed by atoms with Gasteiger partial charge in [0.2, 0.25) is 0 Å². The van der Waals surface area contributed by atoms with Gasteiger partial charge in [0, 0.05) is 11.9 Å². The van der Waals surface area contributed by atoms with Gasteiger partial charge in [0.25, 0.3) is 5.91 Å². The molecule has 1 atom stereocenters. The van der Waals surface area contributed by atoms with E-state index in [4.69, 9.17) is 23.2 Å². The Kier molecular flexibility index (Phi) is 5.39. The van der Waals surface area contributed by atoms with E-state index in [2.05, 4.69) is 21.2 Å². The van der Waals surface area contributed by atoms with Gasteiger partial charge in [-0.1, -0.05) is 46.1 Å². The Bertz CT molecular complexity index is 356. The molecule has 1 amide bonds. The Morgan fingerprint density at radius 3 is 2.80 bits per heavy atom. The second-order valence-corrected chi connectivity index (χ2v) is 6.14. The van der Waals surface area contributed by atoms with Gasteiger partial charge in [-0.2, -0.15) is 0 Å². The second kappa shape index (κ2) is 6.09. The number of hydrogen-bond donors (Lipinski definition) is 1. The van der Waals surface area contributed by atoms with Gasteiger partial charge >= 0.3 is 0 Å². The highest BCUT2D eigenvalue weighted by atomic mass is 79.9. The first-order chi connectivity index (χ1) is 7.04. The largest absolute Gasteiger partial charge is 0.352 e. The molecule has 0 bridgehead atoms. The third-order valence-corrected chi connectivity index (χ3v) is 4.37. The molecule has 0 spiro atoms. The zero-order valence-corrected chi connectivity index (χ0v) is 11.9. The Balaban J connectivity index is 2.58. The van der Waals surface area contributed by atoms with E-state index in [0.29, 0.717) is 26.7 Å². The third-order valence-electron chi connectivity index (χ3n) is 1.78. The van der Waals surface area contributed by atoms with Gasteiger partial charge in [0.15, 0.2) is 0 Å². The highest BCUT2D eigenvalue weighted by Crippen LogP contribution is 2.30. The fraction of sp³-hybridized carbons (Fsp3) is 0.444. The average Bonchev–Trinajstić information content (AvgIpc) is 2.53. The van der Waals surface area contributed by atoms with Crippen LogP contribution in [0.2, 0.25) is 8.67 Å². The van der Waals surface area contributed by atoms with Crippen molar-refractivity contribution in [3.05, 3.63) is 20.3 Å². The minimum absolute atomic E-state index is 0.170. The molecule has 1 unspecified atom stereocenters. The van der Waals surface area contributed by atoms with Gasteiger partial charge in [-0.15, -0.1) is 11.3 Å². The lowest BCUT2D eigenvalue weighted by atomic mass is 10.2. The van der Waals surface area contributed by atoms with Crippen molar-refractivity contribution in [2.24, 2.45) is 5.92 Å². The van der Waals surface area contributed by atoms with Gasteiger partial charge < -0.3 is 5.32 Å². The molecule has 0 aliphatic carbocycles. The van der Waals surface area contributed by atoms with Crippen molar-refractivity contribution in [1.29, 1.82) is 0 Å². The summed E-state index contributed by atoms with van der Waals surface area (Å²) in [7, 11) is 0. The maximum absolute atomic E-state index is 11.6. The van der Waals surface area contributed by atoms with Crippen LogP contribution in [0.3, 0.4) is 0 Å². The van der Waals surface area contributed by atoms with Crippen molar-refractivity contribution in [3.63, 3.8) is 0 Å². The normalized spacial score (nSPS) is 12.5. The van der Waals surface area contributed by atoms with Gasteiger partial charge in [0.1, 0.15) is 4.34 Å². The van der Waals surface area contributed by atoms with Crippen LogP contribution < -0.4 is 5.32 Å². The van der Waals surface area contributed by atoms with Crippen molar-refractivity contribution >= 4 is 56.4 Å². The quantitative estimate of drug-likeness (QED) is 0.835. The average molecular weight is 331 g/mol. The van der Waals surface area contributed by atoms with Crippen molar-refractivity contribution in [1.82, 2.24) is 5.32 Å². The molecular weight excluding hydrogens is 321 g/mol. The number of halogens is 3. The molecule has 0 aromatic carbocycles. The summed E-state index contributed by atoms with van der Waals surface area (Å²) in [6.07, 6.45) is 0. The smallest absolute Gasteiger partial charge is 0.253 e. The molecule has 0 saturated carbocycles. The molecule has 1 aromatic rings. The fourth-order valence-electron chi connectivity index (χ4n) is 0.912. The number of thiophene rings is 1. The minimum Gasteiger partial charge on any atom is -0.352 e. The van der Waals surface area contributed by atoms with Gasteiger partial charge in [-0.05, 0) is 12.0 Å². The van der Waals surface area contributed by atoms with Crippen LogP contribution >= 0.6 is 50.5 Å². The number of alkyl halides is 1. The van der Waals surface area contributed by atoms with Crippen LogP contribution in [-0.2, 0) is 0 Å². The Hall–Kier alpha value is 0.230. The first-order valence-electron chi connectivity index (χ1n) is 4.33. The zero-order valence-electron chi connectivity index (χ0n) is 8.02. The topological polar surface area (TPSA) is 29.1 Å². The molecule has 0 radical (unpaired) electrons. The second-order valence-electron chi connectivity index (χ2n) is 3.21. The van der Waals surface area contributed by atoms with Crippen molar-refractivity contribution in [2.75, 3.05) is 11.9 Å². The van der Waals surface area contributed by atoms with E-state index < -0.39 is 0 Å². The molecule has 15 heavy (non-hydrogen) atoms. The number of carbonyl (C=O) groups is 1. The van der Waals surface area contributed by atoms with Crippen LogP contribution in [0, 0.1) is 5.92 Å². The maximum Gasteiger partial charge on any atom is 0.253 e. The van der Waals surface area contributed by atoms with Gasteiger partial charge in [0.05, 0.1) is 9.90 Å². The van der Waals surface area contributed by atoms with Crippen LogP contribution in [-0.4, -0.2) is 17.8 Å². The van der Waals surface area contributed by atoms with E-state index in [9.17, 15) is 4.79 Å². The Morgan fingerprint density at radius 1 is 1.67 bits per heavy atom. The summed E-state index contributed by atoms with van der Waals surface area (Å²) in [6.45, 7) is 2.66. The van der Waals surface area contributed by atoms with E-state index in [1.54, 1.807) is 6.07 Å². The molecule has 2 nitrogen and oxygen atoms in total. The van der Waals surface area contributed by atoms with E-state index >= 15 is 0 Å². The minimum atomic E-state index is -0.170. The van der Waals surface area contributed by atoms with Crippen molar-refractivity contribution in [2.45, 2.75) is 6.92 Å². The molecule has 0 fully saturated rings. The number of nitrogens with one attached hydrogen (secondary N) is 1. The number of amides is 1. The third kappa shape index (κ3) is 3.94. The molecule has 0 saturated heterocycles. The predicted molar refractivity (Wildman–Crippen MR) is 69.6 cm³/mol.